The van der Waals surface area contributed by atoms with Crippen LogP contribution in [0.2, 0.25) is 0 Å². The highest BCUT2D eigenvalue weighted by Gasteiger charge is 2.33. The minimum atomic E-state index is -3.42. The van der Waals surface area contributed by atoms with Crippen LogP contribution in [0.5, 0.6) is 0 Å². The zero-order chi connectivity index (χ0) is 13.2. The van der Waals surface area contributed by atoms with E-state index in [1.54, 1.807) is 4.90 Å². The lowest BCUT2D eigenvalue weighted by Gasteiger charge is -2.32. The van der Waals surface area contributed by atoms with E-state index in [0.29, 0.717) is 19.0 Å². The van der Waals surface area contributed by atoms with Crippen molar-refractivity contribution in [2.45, 2.75) is 44.2 Å². The molecule has 0 aromatic carbocycles. The van der Waals surface area contributed by atoms with Crippen LogP contribution in [0.1, 0.15) is 32.1 Å². The molecule has 6 nitrogen and oxygen atoms in total. The molecule has 1 saturated carbocycles. The second-order valence-corrected chi connectivity index (χ2v) is 6.92. The van der Waals surface area contributed by atoms with Crippen LogP contribution >= 0.6 is 0 Å². The highest BCUT2D eigenvalue weighted by atomic mass is 32.2. The molecular formula is C11H21N3O3S. The summed E-state index contributed by atoms with van der Waals surface area (Å²) in [4.78, 5) is 13.9. The van der Waals surface area contributed by atoms with Crippen LogP contribution in [-0.2, 0) is 14.8 Å². The molecule has 0 aromatic rings. The molecule has 1 unspecified atom stereocenters. The van der Waals surface area contributed by atoms with E-state index in [1.165, 1.54) is 0 Å². The van der Waals surface area contributed by atoms with Crippen LogP contribution in [0.4, 0.5) is 0 Å². The minimum Gasteiger partial charge on any atom is -0.341 e. The number of amides is 1. The fourth-order valence-electron chi connectivity index (χ4n) is 2.31. The van der Waals surface area contributed by atoms with E-state index < -0.39 is 10.0 Å². The van der Waals surface area contributed by atoms with Crippen LogP contribution in [0.3, 0.4) is 0 Å². The third-order valence-electron chi connectivity index (χ3n) is 3.40. The SMILES string of the molecule is NS(=O)(=O)CCCN1CCCC(NC2CC2)C1=O. The van der Waals surface area contributed by atoms with Gasteiger partial charge in [-0.2, -0.15) is 0 Å². The maximum Gasteiger partial charge on any atom is 0.239 e. The van der Waals surface area contributed by atoms with Gasteiger partial charge in [0.05, 0.1) is 11.8 Å². The smallest absolute Gasteiger partial charge is 0.239 e. The van der Waals surface area contributed by atoms with Crippen molar-refractivity contribution >= 4 is 15.9 Å². The number of hydrogen-bond acceptors (Lipinski definition) is 4. The summed E-state index contributed by atoms with van der Waals surface area (Å²) in [6.07, 6.45) is 4.61. The lowest BCUT2D eigenvalue weighted by atomic mass is 10.0. The average Bonchev–Trinajstić information content (AvgIpc) is 3.06. The Morgan fingerprint density at radius 1 is 1.33 bits per heavy atom. The minimum absolute atomic E-state index is 0.0580. The van der Waals surface area contributed by atoms with Crippen LogP contribution in [0.15, 0.2) is 0 Å². The van der Waals surface area contributed by atoms with E-state index in [-0.39, 0.29) is 17.7 Å². The molecule has 18 heavy (non-hydrogen) atoms. The van der Waals surface area contributed by atoms with Gasteiger partial charge in [0.15, 0.2) is 0 Å². The largest absolute Gasteiger partial charge is 0.341 e. The molecule has 1 saturated heterocycles. The van der Waals surface area contributed by atoms with E-state index in [1.807, 2.05) is 0 Å². The lowest BCUT2D eigenvalue weighted by molar-refractivity contribution is -0.136. The van der Waals surface area contributed by atoms with Crippen molar-refractivity contribution in [1.29, 1.82) is 0 Å². The van der Waals surface area contributed by atoms with Gasteiger partial charge in [-0.25, -0.2) is 13.6 Å². The van der Waals surface area contributed by atoms with Gasteiger partial charge < -0.3 is 10.2 Å². The monoisotopic (exact) mass is 275 g/mol. The Kier molecular flexibility index (Phi) is 4.24. The number of rotatable bonds is 6. The molecule has 1 aliphatic carbocycles. The van der Waals surface area contributed by atoms with E-state index in [2.05, 4.69) is 5.32 Å². The van der Waals surface area contributed by atoms with Gasteiger partial charge in [-0.05, 0) is 32.1 Å². The first kappa shape index (κ1) is 13.8. The molecule has 2 rings (SSSR count). The number of likely N-dealkylation sites (tertiary alicyclic amines) is 1. The summed E-state index contributed by atoms with van der Waals surface area (Å²) in [5.41, 5.74) is 0. The Labute approximate surface area is 108 Å². The molecule has 1 amide bonds. The molecule has 2 aliphatic rings. The predicted molar refractivity (Wildman–Crippen MR) is 68.4 cm³/mol. The quantitative estimate of drug-likeness (QED) is 0.677. The Balaban J connectivity index is 1.78. The molecule has 1 heterocycles. The summed E-state index contributed by atoms with van der Waals surface area (Å²) in [6.45, 7) is 1.21. The molecule has 2 fully saturated rings. The molecular weight excluding hydrogens is 254 g/mol. The molecule has 0 radical (unpaired) electrons. The summed E-state index contributed by atoms with van der Waals surface area (Å²) in [5.74, 6) is 0.0555. The van der Waals surface area contributed by atoms with Crippen molar-refractivity contribution < 1.29 is 13.2 Å². The fraction of sp³-hybridized carbons (Fsp3) is 0.909. The molecule has 7 heteroatoms. The van der Waals surface area contributed by atoms with E-state index >= 15 is 0 Å². The zero-order valence-corrected chi connectivity index (χ0v) is 11.3. The van der Waals surface area contributed by atoms with Gasteiger partial charge in [0, 0.05) is 19.1 Å². The normalized spacial score (nSPS) is 25.5. The first-order valence-electron chi connectivity index (χ1n) is 6.51. The van der Waals surface area contributed by atoms with E-state index in [4.69, 9.17) is 5.14 Å². The van der Waals surface area contributed by atoms with Crippen LogP contribution in [0.25, 0.3) is 0 Å². The molecule has 0 spiro atoms. The summed E-state index contributed by atoms with van der Waals surface area (Å²) in [5, 5.41) is 8.29. The molecule has 1 aliphatic heterocycles. The number of primary sulfonamides is 1. The van der Waals surface area contributed by atoms with Gasteiger partial charge in [0.25, 0.3) is 0 Å². The maximum absolute atomic E-state index is 12.1. The van der Waals surface area contributed by atoms with Crippen molar-refractivity contribution in [2.24, 2.45) is 5.14 Å². The molecule has 104 valence electrons. The highest BCUT2D eigenvalue weighted by Crippen LogP contribution is 2.22. The Bertz CT molecular complexity index is 406. The average molecular weight is 275 g/mol. The number of sulfonamides is 1. The van der Waals surface area contributed by atoms with Gasteiger partial charge in [0.1, 0.15) is 0 Å². The van der Waals surface area contributed by atoms with Gasteiger partial charge in [-0.1, -0.05) is 0 Å². The van der Waals surface area contributed by atoms with Crippen LogP contribution < -0.4 is 10.5 Å². The summed E-state index contributed by atoms with van der Waals surface area (Å²) in [7, 11) is -3.42. The summed E-state index contributed by atoms with van der Waals surface area (Å²) in [6, 6.07) is 0.448. The zero-order valence-electron chi connectivity index (χ0n) is 10.5. The molecule has 3 N–H and O–H groups in total. The third-order valence-corrected chi connectivity index (χ3v) is 4.26. The van der Waals surface area contributed by atoms with Gasteiger partial charge in [-0.15, -0.1) is 0 Å². The van der Waals surface area contributed by atoms with Gasteiger partial charge >= 0.3 is 0 Å². The van der Waals surface area contributed by atoms with Crippen LogP contribution in [0, 0.1) is 0 Å². The van der Waals surface area contributed by atoms with Crippen molar-refractivity contribution in [3.05, 3.63) is 0 Å². The van der Waals surface area contributed by atoms with Crippen LogP contribution in [-0.4, -0.2) is 50.2 Å². The number of carbonyl (C=O) groups excluding carboxylic acids is 1. The number of carbonyl (C=O) groups is 1. The second-order valence-electron chi connectivity index (χ2n) is 5.18. The molecule has 1 atom stereocenters. The fourth-order valence-corrected chi connectivity index (χ4v) is 2.84. The highest BCUT2D eigenvalue weighted by molar-refractivity contribution is 7.89. The topological polar surface area (TPSA) is 92.5 Å². The van der Waals surface area contributed by atoms with E-state index in [9.17, 15) is 13.2 Å². The van der Waals surface area contributed by atoms with Crippen molar-refractivity contribution in [2.75, 3.05) is 18.8 Å². The van der Waals surface area contributed by atoms with E-state index in [0.717, 1.165) is 32.2 Å². The number of hydrogen-bond donors (Lipinski definition) is 2. The standard InChI is InChI=1S/C11H21N3O3S/c12-18(16,17)8-2-7-14-6-1-3-10(11(14)15)13-9-4-5-9/h9-10,13H,1-8H2,(H2,12,16,17). The Morgan fingerprint density at radius 2 is 2.06 bits per heavy atom. The molecule has 0 bridgehead atoms. The van der Waals surface area contributed by atoms with Crippen molar-refractivity contribution in [1.82, 2.24) is 10.2 Å². The second kappa shape index (κ2) is 5.54. The van der Waals surface area contributed by atoms with Gasteiger partial charge in [-0.3, -0.25) is 4.79 Å². The van der Waals surface area contributed by atoms with Crippen molar-refractivity contribution in [3.8, 4) is 0 Å². The lowest BCUT2D eigenvalue weighted by Crippen LogP contribution is -2.51. The molecule has 0 aromatic heterocycles. The van der Waals surface area contributed by atoms with Gasteiger partial charge in [0.2, 0.25) is 15.9 Å². The number of nitrogens with two attached hydrogens (primary N) is 1. The maximum atomic E-state index is 12.1. The Hall–Kier alpha value is -0.660. The first-order valence-corrected chi connectivity index (χ1v) is 8.22. The number of nitrogens with one attached hydrogen (secondary N) is 1. The number of nitrogens with zero attached hydrogens (tertiary/aromatic N) is 1. The third kappa shape index (κ3) is 4.22. The predicted octanol–water partition coefficient (Wildman–Crippen LogP) is -0.592. The summed E-state index contributed by atoms with van der Waals surface area (Å²) < 4.78 is 21.7. The Morgan fingerprint density at radius 3 is 2.67 bits per heavy atom. The first-order chi connectivity index (χ1) is 8.46. The number of piperidine rings is 1. The summed E-state index contributed by atoms with van der Waals surface area (Å²) >= 11 is 0. The van der Waals surface area contributed by atoms with Crippen molar-refractivity contribution in [3.63, 3.8) is 0 Å².